The summed E-state index contributed by atoms with van der Waals surface area (Å²) in [5, 5.41) is 2.86. The molecule has 0 aromatic heterocycles. The van der Waals surface area contributed by atoms with Crippen LogP contribution in [0.3, 0.4) is 0 Å². The number of ether oxygens (including phenoxy) is 2. The Balaban J connectivity index is 1.80. The van der Waals surface area contributed by atoms with E-state index in [0.717, 1.165) is 56.8 Å². The maximum absolute atomic E-state index is 12.4. The summed E-state index contributed by atoms with van der Waals surface area (Å²) in [6, 6.07) is 7.86. The lowest BCUT2D eigenvalue weighted by Gasteiger charge is -2.38. The van der Waals surface area contributed by atoms with Crippen molar-refractivity contribution >= 4 is 11.8 Å². The van der Waals surface area contributed by atoms with Crippen LogP contribution in [-0.2, 0) is 4.74 Å². The molecular weight excluding hydrogens is 352 g/mol. The van der Waals surface area contributed by atoms with Crippen LogP contribution in [0, 0.1) is 0 Å². The molecule has 5 nitrogen and oxygen atoms in total. The van der Waals surface area contributed by atoms with E-state index in [2.05, 4.69) is 31.0 Å². The van der Waals surface area contributed by atoms with Crippen LogP contribution in [0.5, 0.6) is 5.75 Å². The monoisotopic (exact) mass is 390 g/mol. The summed E-state index contributed by atoms with van der Waals surface area (Å²) >= 11 is 0. The minimum atomic E-state index is -0.364. The molecule has 1 saturated carbocycles. The van der Waals surface area contributed by atoms with Gasteiger partial charge in [-0.25, -0.2) is 4.79 Å². The number of carbonyl (C=O) groups excluding carboxylic acids is 1. The average Bonchev–Trinajstić information content (AvgIpc) is 2.71. The lowest BCUT2D eigenvalue weighted by atomic mass is 9.91. The average molecular weight is 391 g/mol. The Kier molecular flexibility index (Phi) is 10.2. The van der Waals surface area contributed by atoms with Gasteiger partial charge in [-0.2, -0.15) is 0 Å². The molecule has 1 aromatic carbocycles. The normalized spacial score (nSPS) is 19.4. The molecule has 0 aliphatic heterocycles. The zero-order valence-electron chi connectivity index (χ0n) is 17.9. The van der Waals surface area contributed by atoms with E-state index in [1.807, 2.05) is 24.3 Å². The lowest BCUT2D eigenvalue weighted by molar-refractivity contribution is 0.0125. The predicted molar refractivity (Wildman–Crippen MR) is 115 cm³/mol. The van der Waals surface area contributed by atoms with Gasteiger partial charge < -0.3 is 9.47 Å². The van der Waals surface area contributed by atoms with Crippen molar-refractivity contribution in [2.24, 2.45) is 0 Å². The highest BCUT2D eigenvalue weighted by Gasteiger charge is 2.31. The molecule has 1 N–H and O–H groups in total. The zero-order valence-corrected chi connectivity index (χ0v) is 17.9. The molecule has 5 heteroatoms. The Morgan fingerprint density at radius 3 is 2.43 bits per heavy atom. The highest BCUT2D eigenvalue weighted by atomic mass is 16.6. The molecule has 0 bridgehead atoms. The molecule has 1 amide bonds. The van der Waals surface area contributed by atoms with Crippen molar-refractivity contribution in [1.82, 2.24) is 4.90 Å². The van der Waals surface area contributed by atoms with Crippen LogP contribution in [0.25, 0.3) is 0 Å². The van der Waals surface area contributed by atoms with Crippen molar-refractivity contribution in [2.75, 3.05) is 25.0 Å². The molecule has 1 aliphatic rings. The fourth-order valence-corrected chi connectivity index (χ4v) is 3.96. The summed E-state index contributed by atoms with van der Waals surface area (Å²) in [6.45, 7) is 9.26. The predicted octanol–water partition coefficient (Wildman–Crippen LogP) is 5.85. The number of unbranched alkanes of at least 4 members (excludes halogenated alkanes) is 3. The quantitative estimate of drug-likeness (QED) is 0.482. The molecular formula is C23H38N2O3. The molecule has 0 unspecified atom stereocenters. The van der Waals surface area contributed by atoms with Gasteiger partial charge in [0.05, 0.1) is 6.61 Å². The van der Waals surface area contributed by atoms with Crippen LogP contribution in [0.15, 0.2) is 24.3 Å². The van der Waals surface area contributed by atoms with Gasteiger partial charge in [0.25, 0.3) is 0 Å². The van der Waals surface area contributed by atoms with Crippen molar-refractivity contribution in [3.05, 3.63) is 24.3 Å². The maximum atomic E-state index is 12.4. The number of hydrogen-bond acceptors (Lipinski definition) is 4. The highest BCUT2D eigenvalue weighted by molar-refractivity contribution is 5.84. The summed E-state index contributed by atoms with van der Waals surface area (Å²) in [6.07, 6.45) is 8.76. The molecule has 0 spiro atoms. The second-order valence-electron chi connectivity index (χ2n) is 7.58. The van der Waals surface area contributed by atoms with E-state index in [0.29, 0.717) is 6.04 Å². The standard InChI is InChI=1S/C23H38N2O3/c1-4-7-8-11-18-27-20-16-14-19(15-17-20)24-23(26)28-22-13-10-9-12-21(22)25(5-2)6-3/h14-17,21-22H,4-13,18H2,1-3H3,(H,24,26)/t21-,22-/m0/s1. The molecule has 0 saturated heterocycles. The Bertz CT molecular complexity index is 557. The fraction of sp³-hybridized carbons (Fsp3) is 0.696. The number of rotatable bonds is 11. The fourth-order valence-electron chi connectivity index (χ4n) is 3.96. The van der Waals surface area contributed by atoms with Gasteiger partial charge in [0.2, 0.25) is 0 Å². The first-order chi connectivity index (χ1) is 13.7. The van der Waals surface area contributed by atoms with E-state index in [1.165, 1.54) is 25.7 Å². The van der Waals surface area contributed by atoms with E-state index in [1.54, 1.807) is 0 Å². The van der Waals surface area contributed by atoms with Crippen molar-refractivity contribution in [1.29, 1.82) is 0 Å². The number of carbonyl (C=O) groups is 1. The van der Waals surface area contributed by atoms with Crippen LogP contribution >= 0.6 is 0 Å². The number of amides is 1. The van der Waals surface area contributed by atoms with Crippen molar-refractivity contribution in [3.63, 3.8) is 0 Å². The summed E-state index contributed by atoms with van der Waals surface area (Å²) in [5.74, 6) is 0.837. The van der Waals surface area contributed by atoms with E-state index in [4.69, 9.17) is 9.47 Å². The third-order valence-corrected chi connectivity index (χ3v) is 5.57. The number of likely N-dealkylation sites (N-methyl/N-ethyl adjacent to an activating group) is 1. The minimum Gasteiger partial charge on any atom is -0.494 e. The minimum absolute atomic E-state index is 0.0284. The van der Waals surface area contributed by atoms with E-state index >= 15 is 0 Å². The summed E-state index contributed by atoms with van der Waals surface area (Å²) in [4.78, 5) is 14.8. The van der Waals surface area contributed by atoms with Crippen LogP contribution in [0.2, 0.25) is 0 Å². The molecule has 0 heterocycles. The highest BCUT2D eigenvalue weighted by Crippen LogP contribution is 2.26. The summed E-state index contributed by atoms with van der Waals surface area (Å²) in [7, 11) is 0. The third kappa shape index (κ3) is 7.34. The second kappa shape index (κ2) is 12.7. The van der Waals surface area contributed by atoms with Gasteiger partial charge in [-0.15, -0.1) is 0 Å². The molecule has 2 rings (SSSR count). The van der Waals surface area contributed by atoms with Gasteiger partial charge in [0.15, 0.2) is 0 Å². The van der Waals surface area contributed by atoms with Crippen molar-refractivity contribution < 1.29 is 14.3 Å². The Morgan fingerprint density at radius 2 is 1.75 bits per heavy atom. The largest absolute Gasteiger partial charge is 0.494 e. The molecule has 1 aromatic rings. The maximum Gasteiger partial charge on any atom is 0.411 e. The summed E-state index contributed by atoms with van der Waals surface area (Å²) in [5.41, 5.74) is 0.735. The number of nitrogens with one attached hydrogen (secondary N) is 1. The first-order valence-corrected chi connectivity index (χ1v) is 11.1. The lowest BCUT2D eigenvalue weighted by Crippen LogP contribution is -2.47. The molecule has 0 radical (unpaired) electrons. The van der Waals surface area contributed by atoms with Crippen LogP contribution in [-0.4, -0.2) is 42.8 Å². The molecule has 158 valence electrons. The second-order valence-corrected chi connectivity index (χ2v) is 7.58. The molecule has 1 fully saturated rings. The molecule has 28 heavy (non-hydrogen) atoms. The van der Waals surface area contributed by atoms with Crippen LogP contribution in [0.1, 0.15) is 72.1 Å². The van der Waals surface area contributed by atoms with E-state index in [-0.39, 0.29) is 12.2 Å². The van der Waals surface area contributed by atoms with Crippen molar-refractivity contribution in [2.45, 2.75) is 84.3 Å². The van der Waals surface area contributed by atoms with Gasteiger partial charge >= 0.3 is 6.09 Å². The van der Waals surface area contributed by atoms with E-state index < -0.39 is 0 Å². The van der Waals surface area contributed by atoms with Gasteiger partial charge in [0, 0.05) is 11.7 Å². The van der Waals surface area contributed by atoms with Gasteiger partial charge in [-0.1, -0.05) is 46.5 Å². The van der Waals surface area contributed by atoms with Crippen LogP contribution < -0.4 is 10.1 Å². The van der Waals surface area contributed by atoms with Gasteiger partial charge in [0.1, 0.15) is 11.9 Å². The van der Waals surface area contributed by atoms with Gasteiger partial charge in [-0.05, 0) is 63.0 Å². The molecule has 1 aliphatic carbocycles. The summed E-state index contributed by atoms with van der Waals surface area (Å²) < 4.78 is 11.6. The molecule has 2 atom stereocenters. The Hall–Kier alpha value is -1.75. The zero-order chi connectivity index (χ0) is 20.2. The number of anilines is 1. The SMILES string of the molecule is CCCCCCOc1ccc(NC(=O)O[C@H]2CCCC[C@@H]2N(CC)CC)cc1. The number of benzene rings is 1. The first kappa shape index (κ1) is 22.5. The smallest absolute Gasteiger partial charge is 0.411 e. The first-order valence-electron chi connectivity index (χ1n) is 11.1. The Morgan fingerprint density at radius 1 is 1.04 bits per heavy atom. The number of nitrogens with zero attached hydrogens (tertiary/aromatic N) is 1. The Labute approximate surface area is 170 Å². The van der Waals surface area contributed by atoms with Gasteiger partial charge in [-0.3, -0.25) is 10.2 Å². The number of hydrogen-bond donors (Lipinski definition) is 1. The topological polar surface area (TPSA) is 50.8 Å². The van der Waals surface area contributed by atoms with E-state index in [9.17, 15) is 4.79 Å². The third-order valence-electron chi connectivity index (χ3n) is 5.57. The van der Waals surface area contributed by atoms with Crippen LogP contribution in [0.4, 0.5) is 10.5 Å². The van der Waals surface area contributed by atoms with Crippen molar-refractivity contribution in [3.8, 4) is 5.75 Å².